The number of carbonyl (C=O) groups is 3. The summed E-state index contributed by atoms with van der Waals surface area (Å²) >= 11 is 0. The molecule has 0 unspecified atom stereocenters. The number of carbonyl (C=O) groups excluding carboxylic acids is 3. The Morgan fingerprint density at radius 2 is 1.42 bits per heavy atom. The van der Waals surface area contributed by atoms with Crippen LogP contribution in [0.4, 0.5) is 9.59 Å². The lowest BCUT2D eigenvalue weighted by molar-refractivity contribution is -0.143. The highest BCUT2D eigenvalue weighted by atomic mass is 16.6. The van der Waals surface area contributed by atoms with E-state index in [-0.39, 0.29) is 6.61 Å². The Kier molecular flexibility index (Phi) is 9.46. The van der Waals surface area contributed by atoms with Crippen molar-refractivity contribution >= 4 is 18.2 Å². The van der Waals surface area contributed by atoms with Crippen molar-refractivity contribution in [1.29, 1.82) is 0 Å². The summed E-state index contributed by atoms with van der Waals surface area (Å²) in [6, 6.07) is 0. The van der Waals surface area contributed by atoms with E-state index in [4.69, 9.17) is 18.9 Å². The molecule has 0 heterocycles. The van der Waals surface area contributed by atoms with Gasteiger partial charge in [0.15, 0.2) is 0 Å². The predicted molar refractivity (Wildman–Crippen MR) is 95.4 cm³/mol. The number of hydrogen-bond acceptors (Lipinski definition) is 7. The predicted octanol–water partition coefficient (Wildman–Crippen LogP) is 3.42. The van der Waals surface area contributed by atoms with Gasteiger partial charge in [0.05, 0.1) is 6.26 Å². The van der Waals surface area contributed by atoms with Gasteiger partial charge in [0.2, 0.25) is 0 Å². The molecule has 0 fully saturated rings. The van der Waals surface area contributed by atoms with Crippen LogP contribution >= 0.6 is 0 Å². The lowest BCUT2D eigenvalue weighted by Gasteiger charge is -2.28. The maximum atomic E-state index is 12.2. The van der Waals surface area contributed by atoms with Crippen molar-refractivity contribution in [3.05, 3.63) is 25.0 Å². The first-order chi connectivity index (χ1) is 11.9. The molecule has 0 aliphatic rings. The molecule has 8 heteroatoms. The quantitative estimate of drug-likeness (QED) is 0.223. The van der Waals surface area contributed by atoms with Crippen LogP contribution in [-0.4, -0.2) is 54.0 Å². The molecule has 0 saturated carbocycles. The van der Waals surface area contributed by atoms with Crippen molar-refractivity contribution in [2.75, 3.05) is 19.8 Å². The van der Waals surface area contributed by atoms with E-state index < -0.39 is 35.9 Å². The minimum Gasteiger partial charge on any atom is -0.497 e. The molecular formula is C18H29NO7. The zero-order chi connectivity index (χ0) is 20.4. The summed E-state index contributed by atoms with van der Waals surface area (Å²) in [5.41, 5.74) is -1.68. The molecule has 0 radical (unpaired) electrons. The maximum absolute atomic E-state index is 12.2. The first-order valence-corrected chi connectivity index (χ1v) is 8.12. The molecule has 8 nitrogen and oxygen atoms in total. The molecule has 2 amide bonds. The van der Waals surface area contributed by atoms with E-state index in [1.165, 1.54) is 12.3 Å². The molecule has 26 heavy (non-hydrogen) atoms. The van der Waals surface area contributed by atoms with Crippen molar-refractivity contribution in [3.63, 3.8) is 0 Å². The topological polar surface area (TPSA) is 91.4 Å². The molecule has 0 aromatic carbocycles. The first-order valence-electron chi connectivity index (χ1n) is 8.12. The minimum absolute atomic E-state index is 0.0769. The zero-order valence-corrected chi connectivity index (χ0v) is 16.4. The molecule has 0 saturated heterocycles. The van der Waals surface area contributed by atoms with Crippen LogP contribution in [0.5, 0.6) is 0 Å². The average Bonchev–Trinajstić information content (AvgIpc) is 2.44. The van der Waals surface area contributed by atoms with E-state index in [0.717, 1.165) is 0 Å². The van der Waals surface area contributed by atoms with Crippen molar-refractivity contribution in [2.45, 2.75) is 52.7 Å². The molecule has 0 aromatic heterocycles. The standard InChI is InChI=1S/C18H29NO7/c1-8-10-23-11-9-12-24-14(20)13-19(15(21)25-17(2,3)4)16(22)26-18(5,6)7/h8-9,11H,1,10,12-13H2,2-7H3/b11-9+. The third kappa shape index (κ3) is 11.9. The Morgan fingerprint density at radius 1 is 0.923 bits per heavy atom. The Bertz CT molecular complexity index is 499. The highest BCUT2D eigenvalue weighted by molar-refractivity contribution is 5.92. The zero-order valence-electron chi connectivity index (χ0n) is 16.4. The second-order valence-corrected chi connectivity index (χ2v) is 7.22. The summed E-state index contributed by atoms with van der Waals surface area (Å²) in [5, 5.41) is 0. The van der Waals surface area contributed by atoms with Crippen molar-refractivity contribution in [1.82, 2.24) is 4.90 Å². The summed E-state index contributed by atoms with van der Waals surface area (Å²) in [7, 11) is 0. The van der Waals surface area contributed by atoms with Gasteiger partial charge in [0.1, 0.15) is 31.0 Å². The Morgan fingerprint density at radius 3 is 1.85 bits per heavy atom. The van der Waals surface area contributed by atoms with Crippen LogP contribution in [-0.2, 0) is 23.7 Å². The number of nitrogens with zero attached hydrogens (tertiary/aromatic N) is 1. The van der Waals surface area contributed by atoms with Crippen LogP contribution < -0.4 is 0 Å². The summed E-state index contributed by atoms with van der Waals surface area (Å²) in [6.45, 7) is 13.0. The summed E-state index contributed by atoms with van der Waals surface area (Å²) in [6.07, 6.45) is 2.40. The number of hydrogen-bond donors (Lipinski definition) is 0. The second kappa shape index (κ2) is 10.5. The Balaban J connectivity index is 4.86. The van der Waals surface area contributed by atoms with Gasteiger partial charge >= 0.3 is 18.2 Å². The Hall–Kier alpha value is -2.51. The van der Waals surface area contributed by atoms with Crippen LogP contribution in [0.2, 0.25) is 0 Å². The fraction of sp³-hybridized carbons (Fsp3) is 0.611. The van der Waals surface area contributed by atoms with E-state index in [1.54, 1.807) is 47.6 Å². The summed E-state index contributed by atoms with van der Waals surface area (Å²) in [4.78, 5) is 36.9. The van der Waals surface area contributed by atoms with Gasteiger partial charge in [-0.2, -0.15) is 0 Å². The van der Waals surface area contributed by atoms with Gasteiger partial charge < -0.3 is 18.9 Å². The molecule has 148 valence electrons. The van der Waals surface area contributed by atoms with E-state index in [1.807, 2.05) is 0 Å². The molecular weight excluding hydrogens is 342 g/mol. The van der Waals surface area contributed by atoms with Crippen LogP contribution in [0.15, 0.2) is 25.0 Å². The average molecular weight is 371 g/mol. The fourth-order valence-corrected chi connectivity index (χ4v) is 1.38. The highest BCUT2D eigenvalue weighted by Gasteiger charge is 2.33. The van der Waals surface area contributed by atoms with Crippen LogP contribution in [0, 0.1) is 0 Å². The second-order valence-electron chi connectivity index (χ2n) is 7.22. The van der Waals surface area contributed by atoms with Crippen molar-refractivity contribution in [3.8, 4) is 0 Å². The molecule has 0 aliphatic carbocycles. The number of esters is 1. The largest absolute Gasteiger partial charge is 0.497 e. The molecule has 0 N–H and O–H groups in total. The Labute approximate surface area is 154 Å². The molecule has 0 aromatic rings. The van der Waals surface area contributed by atoms with Crippen LogP contribution in [0.25, 0.3) is 0 Å². The van der Waals surface area contributed by atoms with Gasteiger partial charge in [-0.15, -0.1) is 0 Å². The van der Waals surface area contributed by atoms with E-state index >= 15 is 0 Å². The third-order valence-corrected chi connectivity index (χ3v) is 2.26. The number of imide groups is 1. The van der Waals surface area contributed by atoms with E-state index in [9.17, 15) is 14.4 Å². The number of amides is 2. The van der Waals surface area contributed by atoms with Gasteiger partial charge in [-0.1, -0.05) is 12.7 Å². The third-order valence-electron chi connectivity index (χ3n) is 2.26. The lowest BCUT2D eigenvalue weighted by atomic mass is 10.2. The maximum Gasteiger partial charge on any atom is 0.420 e. The first kappa shape index (κ1) is 23.5. The molecule has 0 rings (SSSR count). The fourth-order valence-electron chi connectivity index (χ4n) is 1.38. The molecule has 0 atom stereocenters. The minimum atomic E-state index is -0.992. The van der Waals surface area contributed by atoms with Gasteiger partial charge in [-0.05, 0) is 47.6 Å². The monoisotopic (exact) mass is 371 g/mol. The van der Waals surface area contributed by atoms with Gasteiger partial charge in [0, 0.05) is 0 Å². The SMILES string of the molecule is C=CCO/C=C/COC(=O)CN(C(=O)OC(C)(C)C)C(=O)OC(C)(C)C. The van der Waals surface area contributed by atoms with Crippen LogP contribution in [0.3, 0.4) is 0 Å². The van der Waals surface area contributed by atoms with Gasteiger partial charge in [-0.25, -0.2) is 14.5 Å². The van der Waals surface area contributed by atoms with Crippen LogP contribution in [0.1, 0.15) is 41.5 Å². The van der Waals surface area contributed by atoms with Gasteiger partial charge in [0.25, 0.3) is 0 Å². The smallest absolute Gasteiger partial charge is 0.420 e. The summed E-state index contributed by atoms with van der Waals surface area (Å²) in [5.74, 6) is -0.796. The highest BCUT2D eigenvalue weighted by Crippen LogP contribution is 2.14. The van der Waals surface area contributed by atoms with Crippen molar-refractivity contribution < 1.29 is 33.3 Å². The van der Waals surface area contributed by atoms with Gasteiger partial charge in [-0.3, -0.25) is 4.79 Å². The number of ether oxygens (including phenoxy) is 4. The lowest BCUT2D eigenvalue weighted by Crippen LogP contribution is -2.46. The molecule has 0 aliphatic heterocycles. The van der Waals surface area contributed by atoms with E-state index in [0.29, 0.717) is 11.5 Å². The molecule has 0 bridgehead atoms. The van der Waals surface area contributed by atoms with E-state index in [2.05, 4.69) is 6.58 Å². The number of rotatable bonds is 7. The van der Waals surface area contributed by atoms with Crippen molar-refractivity contribution in [2.24, 2.45) is 0 Å². The molecule has 0 spiro atoms. The normalized spacial score (nSPS) is 11.6. The summed E-state index contributed by atoms with van der Waals surface area (Å²) < 4.78 is 20.2.